The largest absolute Gasteiger partial charge is 0.490 e. The van der Waals surface area contributed by atoms with E-state index in [1.165, 1.54) is 0 Å². The molecule has 16 heavy (non-hydrogen) atoms. The molecular weight excluding hydrogens is 226 g/mol. The monoisotopic (exact) mass is 241 g/mol. The molecule has 4 heteroatoms. The van der Waals surface area contributed by atoms with E-state index in [1.807, 2.05) is 39.8 Å². The van der Waals surface area contributed by atoms with Crippen LogP contribution in [0.25, 0.3) is 0 Å². The second-order valence-electron chi connectivity index (χ2n) is 4.09. The topological polar surface area (TPSA) is 38.7 Å². The van der Waals surface area contributed by atoms with E-state index in [2.05, 4.69) is 5.18 Å². The Morgan fingerprint density at radius 2 is 1.75 bits per heavy atom. The Morgan fingerprint density at radius 3 is 2.12 bits per heavy atom. The lowest BCUT2D eigenvalue weighted by atomic mass is 10.1. The summed E-state index contributed by atoms with van der Waals surface area (Å²) in [5.74, 6) is 0.855. The number of nitroso groups, excluding NO2 is 1. The number of aryl methyl sites for hydroxylation is 2. The van der Waals surface area contributed by atoms with E-state index in [9.17, 15) is 4.91 Å². The molecule has 0 heterocycles. The molecule has 88 valence electrons. The summed E-state index contributed by atoms with van der Waals surface area (Å²) in [4.78, 5) is 10.4. The highest BCUT2D eigenvalue weighted by molar-refractivity contribution is 6.20. The average molecular weight is 242 g/mol. The van der Waals surface area contributed by atoms with Gasteiger partial charge in [-0.25, -0.2) is 0 Å². The molecule has 0 saturated heterocycles. The summed E-state index contributed by atoms with van der Waals surface area (Å²) in [6.07, 6.45) is 0.124. The number of hydrogen-bond acceptors (Lipinski definition) is 3. The molecule has 0 N–H and O–H groups in total. The molecule has 1 aromatic rings. The molecule has 0 aliphatic carbocycles. The summed E-state index contributed by atoms with van der Waals surface area (Å²) in [7, 11) is 0. The first-order valence-electron chi connectivity index (χ1n) is 5.20. The van der Waals surface area contributed by atoms with Crippen LogP contribution in [0.2, 0.25) is 0 Å². The first-order valence-corrected chi connectivity index (χ1v) is 5.63. The van der Waals surface area contributed by atoms with Crippen molar-refractivity contribution in [3.8, 4) is 5.75 Å². The molecule has 0 aliphatic rings. The number of alkyl halides is 1. The molecule has 0 fully saturated rings. The number of halogens is 1. The van der Waals surface area contributed by atoms with Crippen molar-refractivity contribution in [1.29, 1.82) is 0 Å². The van der Waals surface area contributed by atoms with Gasteiger partial charge in [0.1, 0.15) is 5.75 Å². The summed E-state index contributed by atoms with van der Waals surface area (Å²) in [6, 6.07) is 3.67. The number of rotatable bonds is 4. The molecule has 1 aromatic carbocycles. The molecule has 0 spiro atoms. The zero-order valence-corrected chi connectivity index (χ0v) is 10.7. The summed E-state index contributed by atoms with van der Waals surface area (Å²) in [5, 5.41) is 2.81. The molecular formula is C12H16ClNO2. The van der Waals surface area contributed by atoms with Gasteiger partial charge in [0.2, 0.25) is 0 Å². The van der Waals surface area contributed by atoms with Crippen LogP contribution in [-0.2, 0) is 0 Å². The van der Waals surface area contributed by atoms with E-state index in [1.54, 1.807) is 0 Å². The molecule has 0 bridgehead atoms. The summed E-state index contributed by atoms with van der Waals surface area (Å²) < 4.78 is 5.69. The zero-order valence-electron chi connectivity index (χ0n) is 9.95. The van der Waals surface area contributed by atoms with Crippen LogP contribution in [0.3, 0.4) is 0 Å². The summed E-state index contributed by atoms with van der Waals surface area (Å²) in [6.45, 7) is 7.82. The Labute approximate surface area is 101 Å². The van der Waals surface area contributed by atoms with E-state index < -0.39 is 5.50 Å². The predicted octanol–water partition coefficient (Wildman–Crippen LogP) is 4.09. The van der Waals surface area contributed by atoms with Crippen LogP contribution in [-0.4, -0.2) is 6.10 Å². The smallest absolute Gasteiger partial charge is 0.190 e. The van der Waals surface area contributed by atoms with E-state index >= 15 is 0 Å². The predicted molar refractivity (Wildman–Crippen MR) is 66.1 cm³/mol. The van der Waals surface area contributed by atoms with Crippen LogP contribution in [0.15, 0.2) is 17.3 Å². The average Bonchev–Trinajstić information content (AvgIpc) is 2.21. The van der Waals surface area contributed by atoms with E-state index in [0.717, 1.165) is 16.9 Å². The van der Waals surface area contributed by atoms with Crippen molar-refractivity contribution in [1.82, 2.24) is 0 Å². The molecule has 0 radical (unpaired) electrons. The van der Waals surface area contributed by atoms with E-state index in [-0.39, 0.29) is 6.10 Å². The molecule has 3 nitrogen and oxygen atoms in total. The zero-order chi connectivity index (χ0) is 12.3. The fourth-order valence-electron chi connectivity index (χ4n) is 1.60. The van der Waals surface area contributed by atoms with Gasteiger partial charge in [0, 0.05) is 0 Å². The van der Waals surface area contributed by atoms with Crippen molar-refractivity contribution >= 4 is 11.6 Å². The van der Waals surface area contributed by atoms with E-state index in [0.29, 0.717) is 5.56 Å². The molecule has 0 aliphatic heterocycles. The van der Waals surface area contributed by atoms with Gasteiger partial charge in [0.05, 0.1) is 6.10 Å². The van der Waals surface area contributed by atoms with Crippen LogP contribution in [0, 0.1) is 18.8 Å². The Morgan fingerprint density at radius 1 is 1.25 bits per heavy atom. The number of hydrogen-bond donors (Lipinski definition) is 0. The minimum absolute atomic E-state index is 0.124. The highest BCUT2D eigenvalue weighted by Gasteiger charge is 2.13. The SMILES string of the molecule is Cc1cc(C(Cl)N=O)cc(C)c1OC(C)C. The second-order valence-corrected chi connectivity index (χ2v) is 4.51. The fraction of sp³-hybridized carbons (Fsp3) is 0.500. The minimum Gasteiger partial charge on any atom is -0.490 e. The van der Waals surface area contributed by atoms with Crippen LogP contribution < -0.4 is 4.74 Å². The Hall–Kier alpha value is -1.09. The first-order chi connectivity index (χ1) is 7.45. The summed E-state index contributed by atoms with van der Waals surface area (Å²) >= 11 is 5.77. The van der Waals surface area contributed by atoms with Gasteiger partial charge in [-0.3, -0.25) is 0 Å². The number of ether oxygens (including phenoxy) is 1. The number of benzene rings is 1. The van der Waals surface area contributed by atoms with Crippen molar-refractivity contribution in [3.63, 3.8) is 0 Å². The van der Waals surface area contributed by atoms with Crippen molar-refractivity contribution < 1.29 is 4.74 Å². The maximum atomic E-state index is 10.4. The molecule has 1 rings (SSSR count). The van der Waals surface area contributed by atoms with Gasteiger partial charge in [0.25, 0.3) is 0 Å². The standard InChI is InChI=1S/C12H16ClNO2/c1-7(2)16-11-8(3)5-10(6-9(11)4)12(13)14-15/h5-7,12H,1-4H3. The maximum absolute atomic E-state index is 10.4. The highest BCUT2D eigenvalue weighted by atomic mass is 35.5. The lowest BCUT2D eigenvalue weighted by molar-refractivity contribution is 0.239. The first kappa shape index (κ1) is 13.0. The van der Waals surface area contributed by atoms with Gasteiger partial charge >= 0.3 is 0 Å². The van der Waals surface area contributed by atoms with Crippen LogP contribution in [0.1, 0.15) is 36.0 Å². The quantitative estimate of drug-likeness (QED) is 0.452. The normalized spacial score (nSPS) is 12.6. The molecule has 0 aromatic heterocycles. The highest BCUT2D eigenvalue weighted by Crippen LogP contribution is 2.31. The van der Waals surface area contributed by atoms with Gasteiger partial charge < -0.3 is 4.74 Å². The number of nitrogens with zero attached hydrogens (tertiary/aromatic N) is 1. The van der Waals surface area contributed by atoms with Crippen LogP contribution in [0.4, 0.5) is 0 Å². The molecule has 0 saturated carbocycles. The lowest BCUT2D eigenvalue weighted by Gasteiger charge is -2.16. The van der Waals surface area contributed by atoms with Crippen LogP contribution >= 0.6 is 11.6 Å². The Kier molecular flexibility index (Phi) is 4.30. The Bertz CT molecular complexity index is 368. The van der Waals surface area contributed by atoms with Crippen molar-refractivity contribution in [2.24, 2.45) is 5.18 Å². The molecule has 0 amide bonds. The molecule has 1 atom stereocenters. The second kappa shape index (κ2) is 5.30. The minimum atomic E-state index is -0.828. The van der Waals surface area contributed by atoms with Crippen molar-refractivity contribution in [3.05, 3.63) is 33.7 Å². The van der Waals surface area contributed by atoms with Gasteiger partial charge in [-0.1, -0.05) is 11.6 Å². The maximum Gasteiger partial charge on any atom is 0.190 e. The van der Waals surface area contributed by atoms with Gasteiger partial charge in [-0.2, -0.15) is 0 Å². The molecule has 1 unspecified atom stereocenters. The summed E-state index contributed by atoms with van der Waals surface area (Å²) in [5.41, 5.74) is 1.82. The van der Waals surface area contributed by atoms with Crippen molar-refractivity contribution in [2.75, 3.05) is 0 Å². The van der Waals surface area contributed by atoms with Gasteiger partial charge in [0.15, 0.2) is 5.50 Å². The third kappa shape index (κ3) is 2.95. The van der Waals surface area contributed by atoms with Crippen LogP contribution in [0.5, 0.6) is 5.75 Å². The third-order valence-electron chi connectivity index (χ3n) is 2.20. The van der Waals surface area contributed by atoms with Crippen molar-refractivity contribution in [2.45, 2.75) is 39.3 Å². The lowest BCUT2D eigenvalue weighted by Crippen LogP contribution is -2.08. The van der Waals surface area contributed by atoms with Gasteiger partial charge in [-0.05, 0) is 61.7 Å². The van der Waals surface area contributed by atoms with E-state index in [4.69, 9.17) is 16.3 Å². The fourth-order valence-corrected chi connectivity index (χ4v) is 1.73. The van der Waals surface area contributed by atoms with Gasteiger partial charge in [-0.15, -0.1) is 4.91 Å². The third-order valence-corrected chi connectivity index (χ3v) is 2.54. The Balaban J connectivity index is 3.11.